The number of rotatable bonds is 47. The normalized spacial score (nSPS) is 12.2. The second-order valence-corrected chi connectivity index (χ2v) is 17.4. The summed E-state index contributed by atoms with van der Waals surface area (Å²) in [5.74, 6) is -1.01. The van der Waals surface area contributed by atoms with Crippen LogP contribution >= 0.6 is 0 Å². The van der Waals surface area contributed by atoms with Crippen molar-refractivity contribution in [3.8, 4) is 0 Å². The Morgan fingerprint density at radius 3 is 0.937 bits per heavy atom. The van der Waals surface area contributed by atoms with Gasteiger partial charge in [-0.25, -0.2) is 0 Å². The molecule has 0 aromatic carbocycles. The van der Waals surface area contributed by atoms with E-state index in [2.05, 4.69) is 93.7 Å². The fraction of sp³-hybridized carbons (Fsp3) is 0.737. The van der Waals surface area contributed by atoms with Crippen molar-refractivity contribution in [1.82, 2.24) is 0 Å². The van der Waals surface area contributed by atoms with Crippen LogP contribution in [0.15, 0.2) is 72.9 Å². The Hall–Kier alpha value is -3.15. The summed E-state index contributed by atoms with van der Waals surface area (Å²) < 4.78 is 16.7. The Morgan fingerprint density at radius 2 is 0.587 bits per heavy atom. The number of hydrogen-bond acceptors (Lipinski definition) is 6. The van der Waals surface area contributed by atoms with E-state index in [1.54, 1.807) is 0 Å². The van der Waals surface area contributed by atoms with Crippen molar-refractivity contribution in [1.29, 1.82) is 0 Å². The highest BCUT2D eigenvalue weighted by Crippen LogP contribution is 2.14. The van der Waals surface area contributed by atoms with Crippen LogP contribution in [-0.2, 0) is 28.6 Å². The highest BCUT2D eigenvalue weighted by Gasteiger charge is 2.19. The molecule has 0 N–H and O–H groups in total. The van der Waals surface area contributed by atoms with Gasteiger partial charge in [0.1, 0.15) is 13.2 Å². The molecule has 0 radical (unpaired) electrons. The summed E-state index contributed by atoms with van der Waals surface area (Å²) in [4.78, 5) is 37.9. The van der Waals surface area contributed by atoms with Gasteiger partial charge in [-0.15, -0.1) is 0 Å². The van der Waals surface area contributed by atoms with E-state index in [0.29, 0.717) is 19.3 Å². The molecule has 0 bridgehead atoms. The lowest BCUT2D eigenvalue weighted by Gasteiger charge is -2.18. The molecule has 362 valence electrons. The van der Waals surface area contributed by atoms with Crippen LogP contribution in [0.5, 0.6) is 0 Å². The maximum absolute atomic E-state index is 12.8. The van der Waals surface area contributed by atoms with Crippen molar-refractivity contribution in [2.24, 2.45) is 0 Å². The van der Waals surface area contributed by atoms with Gasteiger partial charge >= 0.3 is 17.9 Å². The molecule has 0 aliphatic heterocycles. The van der Waals surface area contributed by atoms with Crippen molar-refractivity contribution in [2.45, 2.75) is 258 Å². The molecular formula is C57H98O6. The quantitative estimate of drug-likeness (QED) is 0.0262. The van der Waals surface area contributed by atoms with Crippen LogP contribution in [0, 0.1) is 0 Å². The van der Waals surface area contributed by atoms with Crippen molar-refractivity contribution >= 4 is 17.9 Å². The third-order valence-corrected chi connectivity index (χ3v) is 11.2. The van der Waals surface area contributed by atoms with Crippen LogP contribution in [0.25, 0.3) is 0 Å². The minimum absolute atomic E-state index is 0.116. The van der Waals surface area contributed by atoms with Crippen molar-refractivity contribution in [3.05, 3.63) is 72.9 Å². The van der Waals surface area contributed by atoms with Gasteiger partial charge in [0.15, 0.2) is 6.10 Å². The molecule has 0 aliphatic rings. The van der Waals surface area contributed by atoms with Crippen molar-refractivity contribution < 1.29 is 28.6 Å². The van der Waals surface area contributed by atoms with E-state index in [1.807, 2.05) is 0 Å². The van der Waals surface area contributed by atoms with Crippen molar-refractivity contribution in [3.63, 3.8) is 0 Å². The maximum atomic E-state index is 12.8. The summed E-state index contributed by atoms with van der Waals surface area (Å²) in [5.41, 5.74) is 0. The summed E-state index contributed by atoms with van der Waals surface area (Å²) in [6, 6.07) is 0. The molecule has 0 saturated heterocycles. The van der Waals surface area contributed by atoms with Crippen LogP contribution in [-0.4, -0.2) is 37.2 Å². The number of esters is 3. The monoisotopic (exact) mass is 879 g/mol. The van der Waals surface area contributed by atoms with Gasteiger partial charge in [-0.1, -0.05) is 222 Å². The minimum Gasteiger partial charge on any atom is -0.462 e. The molecule has 0 unspecified atom stereocenters. The van der Waals surface area contributed by atoms with E-state index in [-0.39, 0.29) is 44.0 Å². The third-order valence-electron chi connectivity index (χ3n) is 11.2. The zero-order chi connectivity index (χ0) is 45.8. The number of carbonyl (C=O) groups is 3. The fourth-order valence-corrected chi connectivity index (χ4v) is 7.18. The third kappa shape index (κ3) is 49.7. The molecule has 0 heterocycles. The van der Waals surface area contributed by atoms with Crippen LogP contribution in [0.4, 0.5) is 0 Å². The van der Waals surface area contributed by atoms with E-state index < -0.39 is 6.10 Å². The highest BCUT2D eigenvalue weighted by atomic mass is 16.6. The number of ether oxygens (including phenoxy) is 3. The number of unbranched alkanes of at least 4 members (excludes halogenated alkanes) is 24. The average Bonchev–Trinajstić information content (AvgIpc) is 3.28. The first kappa shape index (κ1) is 59.9. The molecule has 0 fully saturated rings. The molecule has 0 amide bonds. The SMILES string of the molecule is CCCCCCCC/C=C\C/C=C\C/C=C\CCCC(=O)OCC(COC(=O)CCC/C=C\C/C=C\C/C=C\CCCCCCCC)OC(=O)CCCCCCCCCCCCC. The zero-order valence-electron chi connectivity index (χ0n) is 41.3. The molecule has 6 heteroatoms. The summed E-state index contributed by atoms with van der Waals surface area (Å²) in [6.07, 6.45) is 64.7. The van der Waals surface area contributed by atoms with E-state index >= 15 is 0 Å². The standard InChI is InChI=1S/C57H98O6/c1-4-7-10-13-16-19-22-24-26-28-30-32-35-37-40-43-46-49-55(58)61-52-54(63-57(60)51-48-45-42-39-34-21-18-15-12-9-6-3)53-62-56(59)50-47-44-41-38-36-33-31-29-27-25-23-20-17-14-11-8-5-2/h24-27,30-33,37-38,40-41,54H,4-23,28-29,34-36,39,42-53H2,1-3H3/b26-24-,27-25-,32-30-,33-31-,40-37-,41-38-. The lowest BCUT2D eigenvalue weighted by molar-refractivity contribution is -0.167. The molecule has 63 heavy (non-hydrogen) atoms. The zero-order valence-corrected chi connectivity index (χ0v) is 41.3. The molecule has 0 spiro atoms. The molecule has 0 aromatic heterocycles. The smallest absolute Gasteiger partial charge is 0.306 e. The predicted molar refractivity (Wildman–Crippen MR) is 270 cm³/mol. The number of hydrogen-bond donors (Lipinski definition) is 0. The molecule has 0 aliphatic carbocycles. The summed E-state index contributed by atoms with van der Waals surface area (Å²) in [7, 11) is 0. The van der Waals surface area contributed by atoms with E-state index in [4.69, 9.17) is 14.2 Å². The first-order valence-electron chi connectivity index (χ1n) is 26.4. The van der Waals surface area contributed by atoms with Gasteiger partial charge in [-0.05, 0) is 83.5 Å². The largest absolute Gasteiger partial charge is 0.462 e. The first-order valence-corrected chi connectivity index (χ1v) is 26.4. The fourth-order valence-electron chi connectivity index (χ4n) is 7.18. The van der Waals surface area contributed by atoms with Gasteiger partial charge in [0.25, 0.3) is 0 Å². The molecule has 0 saturated carbocycles. The van der Waals surface area contributed by atoms with Gasteiger partial charge in [-0.3, -0.25) is 14.4 Å². The summed E-state index contributed by atoms with van der Waals surface area (Å²) in [5, 5.41) is 0. The van der Waals surface area contributed by atoms with Crippen LogP contribution in [0.3, 0.4) is 0 Å². The van der Waals surface area contributed by atoms with Crippen LogP contribution in [0.2, 0.25) is 0 Å². The van der Waals surface area contributed by atoms with Gasteiger partial charge in [0.05, 0.1) is 0 Å². The minimum atomic E-state index is -0.813. The highest BCUT2D eigenvalue weighted by molar-refractivity contribution is 5.71. The maximum Gasteiger partial charge on any atom is 0.306 e. The van der Waals surface area contributed by atoms with Gasteiger partial charge in [0.2, 0.25) is 0 Å². The Bertz CT molecular complexity index is 1120. The summed E-state index contributed by atoms with van der Waals surface area (Å²) in [6.45, 7) is 6.53. The predicted octanol–water partition coefficient (Wildman–Crippen LogP) is 17.4. The Labute approximate surface area is 389 Å². The average molecular weight is 879 g/mol. The van der Waals surface area contributed by atoms with Gasteiger partial charge < -0.3 is 14.2 Å². The molecule has 0 aromatic rings. The Balaban J connectivity index is 4.49. The Kier molecular flexibility index (Phi) is 48.9. The lowest BCUT2D eigenvalue weighted by atomic mass is 10.1. The van der Waals surface area contributed by atoms with E-state index in [9.17, 15) is 14.4 Å². The molecule has 0 rings (SSSR count). The first-order chi connectivity index (χ1) is 31.0. The number of allylic oxidation sites excluding steroid dienone is 12. The lowest BCUT2D eigenvalue weighted by Crippen LogP contribution is -2.30. The molecular weight excluding hydrogens is 781 g/mol. The Morgan fingerprint density at radius 1 is 0.317 bits per heavy atom. The second-order valence-electron chi connectivity index (χ2n) is 17.4. The van der Waals surface area contributed by atoms with Crippen LogP contribution in [0.1, 0.15) is 252 Å². The van der Waals surface area contributed by atoms with Gasteiger partial charge in [0, 0.05) is 19.3 Å². The molecule has 6 nitrogen and oxygen atoms in total. The van der Waals surface area contributed by atoms with E-state index in [0.717, 1.165) is 57.8 Å². The number of carbonyl (C=O) groups excluding carboxylic acids is 3. The van der Waals surface area contributed by atoms with E-state index in [1.165, 1.54) is 141 Å². The van der Waals surface area contributed by atoms with Crippen LogP contribution < -0.4 is 0 Å². The van der Waals surface area contributed by atoms with Crippen molar-refractivity contribution in [2.75, 3.05) is 13.2 Å². The molecule has 0 atom stereocenters. The van der Waals surface area contributed by atoms with Gasteiger partial charge in [-0.2, -0.15) is 0 Å². The second kappa shape index (κ2) is 51.5. The topological polar surface area (TPSA) is 78.9 Å². The summed E-state index contributed by atoms with van der Waals surface area (Å²) >= 11 is 0.